The summed E-state index contributed by atoms with van der Waals surface area (Å²) in [6.07, 6.45) is 7.85. The second-order valence-corrected chi connectivity index (χ2v) is 8.30. The molecule has 0 radical (unpaired) electrons. The number of aromatic nitrogens is 4. The molecule has 160 valence electrons. The van der Waals surface area contributed by atoms with E-state index in [0.29, 0.717) is 17.5 Å². The number of fused-ring (bicyclic) bond motifs is 2. The lowest BCUT2D eigenvalue weighted by Crippen LogP contribution is -2.25. The van der Waals surface area contributed by atoms with Crippen LogP contribution in [0, 0.1) is 0 Å². The summed E-state index contributed by atoms with van der Waals surface area (Å²) in [6, 6.07) is 9.81. The molecule has 7 nitrogen and oxygen atoms in total. The van der Waals surface area contributed by atoms with Crippen LogP contribution in [0.3, 0.4) is 0 Å². The second kappa shape index (κ2) is 8.69. The number of benzene rings is 1. The Labute approximate surface area is 186 Å². The molecule has 31 heavy (non-hydrogen) atoms. The molecular weight excluding hydrogens is 412 g/mol. The Hall–Kier alpha value is -2.90. The number of nitrogens with zero attached hydrogens (tertiary/aromatic N) is 5. The van der Waals surface area contributed by atoms with E-state index in [1.807, 2.05) is 30.5 Å². The Morgan fingerprint density at radius 3 is 2.94 bits per heavy atom. The topological polar surface area (TPSA) is 67.6 Å². The summed E-state index contributed by atoms with van der Waals surface area (Å²) in [6.45, 7) is 5.87. The third kappa shape index (κ3) is 4.16. The molecule has 1 aliphatic heterocycles. The van der Waals surface area contributed by atoms with E-state index in [9.17, 15) is 0 Å². The zero-order valence-electron chi connectivity index (χ0n) is 17.5. The van der Waals surface area contributed by atoms with Crippen molar-refractivity contribution >= 4 is 33.7 Å². The van der Waals surface area contributed by atoms with Crippen molar-refractivity contribution in [2.45, 2.75) is 25.8 Å². The minimum absolute atomic E-state index is 0.0628. The molecule has 1 saturated heterocycles. The van der Waals surface area contributed by atoms with Crippen LogP contribution in [0.25, 0.3) is 16.4 Å². The molecule has 0 saturated carbocycles. The number of nitrogens with one attached hydrogen (secondary N) is 1. The fourth-order valence-electron chi connectivity index (χ4n) is 4.11. The quantitative estimate of drug-likeness (QED) is 0.457. The predicted molar refractivity (Wildman–Crippen MR) is 123 cm³/mol. The number of rotatable bonds is 7. The van der Waals surface area contributed by atoms with Gasteiger partial charge in [0.15, 0.2) is 5.65 Å². The molecule has 1 aromatic carbocycles. The Morgan fingerprint density at radius 2 is 2.06 bits per heavy atom. The first-order valence-electron chi connectivity index (χ1n) is 10.7. The third-order valence-corrected chi connectivity index (χ3v) is 6.06. The molecule has 1 atom stereocenters. The van der Waals surface area contributed by atoms with Gasteiger partial charge in [-0.15, -0.1) is 0 Å². The monoisotopic (exact) mass is 436 g/mol. The SMILES string of the molecule is CC(Nc1ccnn2ccnc12)c1cc2cccc(Cl)c2c(OCCN2CCCC2)n1. The molecule has 0 aliphatic carbocycles. The van der Waals surface area contributed by atoms with Crippen LogP contribution in [0.2, 0.25) is 5.02 Å². The van der Waals surface area contributed by atoms with Crippen molar-refractivity contribution in [2.75, 3.05) is 31.6 Å². The van der Waals surface area contributed by atoms with Gasteiger partial charge in [-0.3, -0.25) is 4.90 Å². The molecule has 0 spiro atoms. The van der Waals surface area contributed by atoms with Crippen LogP contribution >= 0.6 is 11.6 Å². The minimum Gasteiger partial charge on any atom is -0.476 e. The molecule has 1 N–H and O–H groups in total. The first-order valence-corrected chi connectivity index (χ1v) is 11.1. The summed E-state index contributed by atoms with van der Waals surface area (Å²) >= 11 is 6.52. The van der Waals surface area contributed by atoms with Crippen molar-refractivity contribution in [3.63, 3.8) is 0 Å². The Morgan fingerprint density at radius 1 is 1.19 bits per heavy atom. The molecule has 4 aromatic rings. The van der Waals surface area contributed by atoms with Crippen molar-refractivity contribution in [2.24, 2.45) is 0 Å². The van der Waals surface area contributed by atoms with E-state index in [1.165, 1.54) is 12.8 Å². The average Bonchev–Trinajstić information content (AvgIpc) is 3.46. The zero-order valence-corrected chi connectivity index (χ0v) is 18.2. The molecule has 3 aromatic heterocycles. The van der Waals surface area contributed by atoms with Gasteiger partial charge in [-0.1, -0.05) is 23.7 Å². The third-order valence-electron chi connectivity index (χ3n) is 5.75. The van der Waals surface area contributed by atoms with E-state index in [2.05, 4.69) is 33.3 Å². The minimum atomic E-state index is -0.0628. The number of likely N-dealkylation sites (tertiary alicyclic amines) is 1. The maximum atomic E-state index is 6.52. The molecule has 1 unspecified atom stereocenters. The van der Waals surface area contributed by atoms with Crippen LogP contribution in [-0.4, -0.2) is 50.7 Å². The number of pyridine rings is 1. The molecule has 0 amide bonds. The van der Waals surface area contributed by atoms with Crippen LogP contribution in [0.1, 0.15) is 31.5 Å². The van der Waals surface area contributed by atoms with Crippen LogP contribution in [0.15, 0.2) is 48.9 Å². The van der Waals surface area contributed by atoms with Crippen molar-refractivity contribution < 1.29 is 4.74 Å². The molecule has 1 aliphatic rings. The fraction of sp³-hybridized carbons (Fsp3) is 0.348. The van der Waals surface area contributed by atoms with E-state index in [4.69, 9.17) is 21.3 Å². The molecule has 4 heterocycles. The lowest BCUT2D eigenvalue weighted by molar-refractivity contribution is 0.233. The number of halogens is 1. The van der Waals surface area contributed by atoms with Gasteiger partial charge >= 0.3 is 0 Å². The lowest BCUT2D eigenvalue weighted by Gasteiger charge is -2.19. The standard InChI is InChI=1S/C23H25ClN6O/c1-16(27-19-7-8-26-30-12-9-25-22(19)30)20-15-17-5-4-6-18(24)21(17)23(28-20)31-14-13-29-10-2-3-11-29/h4-9,12,15-16,27H,2-3,10-11,13-14H2,1H3. The van der Waals surface area contributed by atoms with Gasteiger partial charge in [0.05, 0.1) is 34.0 Å². The van der Waals surface area contributed by atoms with E-state index in [0.717, 1.165) is 47.4 Å². The number of imidazole rings is 1. The van der Waals surface area contributed by atoms with Crippen LogP contribution in [0.5, 0.6) is 5.88 Å². The maximum Gasteiger partial charge on any atom is 0.223 e. The molecule has 0 bridgehead atoms. The second-order valence-electron chi connectivity index (χ2n) is 7.89. The summed E-state index contributed by atoms with van der Waals surface area (Å²) in [7, 11) is 0. The van der Waals surface area contributed by atoms with Gasteiger partial charge in [-0.2, -0.15) is 5.10 Å². The van der Waals surface area contributed by atoms with Crippen molar-refractivity contribution in [3.8, 4) is 5.88 Å². The predicted octanol–water partition coefficient (Wildman–Crippen LogP) is 4.58. The Bertz CT molecular complexity index is 1200. The van der Waals surface area contributed by atoms with E-state index in [-0.39, 0.29) is 6.04 Å². The Kier molecular flexibility index (Phi) is 5.61. The van der Waals surface area contributed by atoms with Gasteiger partial charge in [0, 0.05) is 18.9 Å². The molecule has 8 heteroatoms. The fourth-order valence-corrected chi connectivity index (χ4v) is 4.38. The average molecular weight is 437 g/mol. The summed E-state index contributed by atoms with van der Waals surface area (Å²) in [4.78, 5) is 11.7. The highest BCUT2D eigenvalue weighted by molar-refractivity contribution is 6.36. The first-order chi connectivity index (χ1) is 15.2. The van der Waals surface area contributed by atoms with Gasteiger partial charge in [0.2, 0.25) is 5.88 Å². The van der Waals surface area contributed by atoms with Gasteiger partial charge in [0.1, 0.15) is 6.61 Å². The van der Waals surface area contributed by atoms with E-state index in [1.54, 1.807) is 16.9 Å². The van der Waals surface area contributed by atoms with Gasteiger partial charge in [-0.05, 0) is 56.4 Å². The molecule has 5 rings (SSSR count). The van der Waals surface area contributed by atoms with Crippen molar-refractivity contribution in [1.82, 2.24) is 24.5 Å². The summed E-state index contributed by atoms with van der Waals surface area (Å²) in [5, 5.41) is 10.3. The lowest BCUT2D eigenvalue weighted by atomic mass is 10.1. The summed E-state index contributed by atoms with van der Waals surface area (Å²) < 4.78 is 7.92. The van der Waals surface area contributed by atoms with Crippen molar-refractivity contribution in [3.05, 3.63) is 59.6 Å². The summed E-state index contributed by atoms with van der Waals surface area (Å²) in [5.74, 6) is 0.589. The molecular formula is C23H25ClN6O. The Balaban J connectivity index is 1.43. The number of anilines is 1. The normalized spacial score (nSPS) is 15.5. The zero-order chi connectivity index (χ0) is 21.2. The number of ether oxygens (including phenoxy) is 1. The highest BCUT2D eigenvalue weighted by atomic mass is 35.5. The first kappa shape index (κ1) is 20.0. The summed E-state index contributed by atoms with van der Waals surface area (Å²) in [5.41, 5.74) is 2.56. The van der Waals surface area contributed by atoms with Crippen LogP contribution < -0.4 is 10.1 Å². The highest BCUT2D eigenvalue weighted by Crippen LogP contribution is 2.33. The molecule has 1 fully saturated rings. The number of hydrogen-bond acceptors (Lipinski definition) is 6. The largest absolute Gasteiger partial charge is 0.476 e. The van der Waals surface area contributed by atoms with Crippen molar-refractivity contribution in [1.29, 1.82) is 0 Å². The van der Waals surface area contributed by atoms with Crippen LogP contribution in [0.4, 0.5) is 5.69 Å². The van der Waals surface area contributed by atoms with Gasteiger partial charge in [-0.25, -0.2) is 14.5 Å². The van der Waals surface area contributed by atoms with Gasteiger partial charge < -0.3 is 10.1 Å². The maximum absolute atomic E-state index is 6.52. The van der Waals surface area contributed by atoms with E-state index >= 15 is 0 Å². The highest BCUT2D eigenvalue weighted by Gasteiger charge is 2.17. The van der Waals surface area contributed by atoms with Gasteiger partial charge in [0.25, 0.3) is 0 Å². The van der Waals surface area contributed by atoms with Crippen LogP contribution in [-0.2, 0) is 0 Å². The smallest absolute Gasteiger partial charge is 0.223 e. The van der Waals surface area contributed by atoms with E-state index < -0.39 is 0 Å². The number of hydrogen-bond donors (Lipinski definition) is 1.